The summed E-state index contributed by atoms with van der Waals surface area (Å²) in [5.41, 5.74) is 7.91. The number of nitrogen functional groups attached to an aromatic ring is 1. The third-order valence-corrected chi connectivity index (χ3v) is 4.04. The monoisotopic (exact) mass is 289 g/mol. The van der Waals surface area contributed by atoms with Gasteiger partial charge in [0, 0.05) is 5.56 Å². The van der Waals surface area contributed by atoms with E-state index in [0.717, 1.165) is 10.4 Å². The minimum atomic E-state index is -0.287. The van der Waals surface area contributed by atoms with E-state index in [2.05, 4.69) is 10.1 Å². The summed E-state index contributed by atoms with van der Waals surface area (Å²) in [7, 11) is 0. The van der Waals surface area contributed by atoms with Crippen LogP contribution in [-0.4, -0.2) is 10.1 Å². The number of thiophene rings is 1. The highest BCUT2D eigenvalue weighted by Crippen LogP contribution is 2.33. The second kappa shape index (κ2) is 4.72. The van der Waals surface area contributed by atoms with Crippen LogP contribution in [0.25, 0.3) is 22.2 Å². The maximum absolute atomic E-state index is 13.6. The first-order valence-corrected chi connectivity index (χ1v) is 6.83. The molecule has 4 nitrogen and oxygen atoms in total. The number of benzene rings is 1. The van der Waals surface area contributed by atoms with E-state index >= 15 is 0 Å². The van der Waals surface area contributed by atoms with E-state index in [-0.39, 0.29) is 5.82 Å². The van der Waals surface area contributed by atoms with Crippen molar-refractivity contribution < 1.29 is 8.91 Å². The number of aromatic nitrogens is 2. The van der Waals surface area contributed by atoms with Gasteiger partial charge in [0.2, 0.25) is 5.82 Å². The summed E-state index contributed by atoms with van der Waals surface area (Å²) in [6.07, 6.45) is 0. The maximum Gasteiger partial charge on any atom is 0.268 e. The molecule has 0 bridgehead atoms. The molecule has 0 fully saturated rings. The van der Waals surface area contributed by atoms with E-state index in [4.69, 9.17) is 10.3 Å². The zero-order chi connectivity index (χ0) is 14.3. The van der Waals surface area contributed by atoms with Crippen molar-refractivity contribution in [1.29, 1.82) is 0 Å². The Hall–Kier alpha value is -2.21. The van der Waals surface area contributed by atoms with Gasteiger partial charge in [0.05, 0.1) is 9.88 Å². The Balaban J connectivity index is 2.01. The molecule has 0 atom stereocenters. The van der Waals surface area contributed by atoms with Crippen LogP contribution in [0.4, 0.5) is 9.39 Å². The fourth-order valence-electron chi connectivity index (χ4n) is 1.88. The fourth-order valence-corrected chi connectivity index (χ4v) is 2.75. The maximum atomic E-state index is 13.6. The van der Waals surface area contributed by atoms with Crippen molar-refractivity contribution in [2.75, 3.05) is 5.73 Å². The SMILES string of the molecule is Cc1ccc(-c2noc(-c3sc(N)cc3C)n2)cc1F. The molecule has 0 unspecified atom stereocenters. The van der Waals surface area contributed by atoms with E-state index in [9.17, 15) is 4.39 Å². The Kier molecular flexibility index (Phi) is 3.02. The zero-order valence-electron chi connectivity index (χ0n) is 11.0. The van der Waals surface area contributed by atoms with Gasteiger partial charge in [-0.05, 0) is 37.1 Å². The summed E-state index contributed by atoms with van der Waals surface area (Å²) >= 11 is 1.39. The number of hydrogen-bond donors (Lipinski definition) is 1. The minimum Gasteiger partial charge on any atom is -0.391 e. The molecule has 0 amide bonds. The molecule has 1 aromatic carbocycles. The van der Waals surface area contributed by atoms with Crippen molar-refractivity contribution in [2.24, 2.45) is 0 Å². The normalized spacial score (nSPS) is 10.9. The fraction of sp³-hybridized carbons (Fsp3) is 0.143. The van der Waals surface area contributed by atoms with Gasteiger partial charge in [-0.1, -0.05) is 17.3 Å². The molecule has 0 aliphatic carbocycles. The van der Waals surface area contributed by atoms with Crippen LogP contribution in [0.15, 0.2) is 28.8 Å². The second-order valence-corrected chi connectivity index (χ2v) is 5.63. The van der Waals surface area contributed by atoms with E-state index in [0.29, 0.717) is 27.8 Å². The topological polar surface area (TPSA) is 64.9 Å². The van der Waals surface area contributed by atoms with Gasteiger partial charge in [0.1, 0.15) is 5.82 Å². The van der Waals surface area contributed by atoms with Gasteiger partial charge in [-0.2, -0.15) is 4.98 Å². The molecular formula is C14H12FN3OS. The molecule has 0 spiro atoms. The van der Waals surface area contributed by atoms with Crippen molar-refractivity contribution in [3.05, 3.63) is 41.2 Å². The number of aryl methyl sites for hydroxylation is 2. The number of nitrogens with two attached hydrogens (primary N) is 1. The quantitative estimate of drug-likeness (QED) is 0.779. The molecule has 3 rings (SSSR count). The predicted molar refractivity (Wildman–Crippen MR) is 76.9 cm³/mol. The first-order valence-electron chi connectivity index (χ1n) is 6.01. The van der Waals surface area contributed by atoms with Crippen LogP contribution in [0, 0.1) is 19.7 Å². The first-order chi connectivity index (χ1) is 9.54. The van der Waals surface area contributed by atoms with Crippen molar-refractivity contribution in [2.45, 2.75) is 13.8 Å². The molecule has 3 aromatic rings. The van der Waals surface area contributed by atoms with Gasteiger partial charge < -0.3 is 10.3 Å². The van der Waals surface area contributed by atoms with Crippen LogP contribution in [0.2, 0.25) is 0 Å². The zero-order valence-corrected chi connectivity index (χ0v) is 11.8. The molecule has 0 saturated carbocycles. The smallest absolute Gasteiger partial charge is 0.268 e. The Morgan fingerprint density at radius 3 is 2.65 bits per heavy atom. The summed E-state index contributed by atoms with van der Waals surface area (Å²) in [6.45, 7) is 3.64. The van der Waals surface area contributed by atoms with Crippen molar-refractivity contribution in [3.8, 4) is 22.2 Å². The Morgan fingerprint density at radius 2 is 2.00 bits per heavy atom. The Labute approximate surface area is 119 Å². The molecule has 0 saturated heterocycles. The first kappa shape index (κ1) is 12.8. The summed E-state index contributed by atoms with van der Waals surface area (Å²) in [5, 5.41) is 4.59. The standard InChI is InChI=1S/C14H12FN3OS/c1-7-3-4-9(6-10(7)15)13-17-14(19-18-13)12-8(2)5-11(16)20-12/h3-6H,16H2,1-2H3. The third-order valence-electron chi connectivity index (χ3n) is 2.99. The summed E-state index contributed by atoms with van der Waals surface area (Å²) in [5.74, 6) is 0.482. The van der Waals surface area contributed by atoms with Crippen LogP contribution in [0.5, 0.6) is 0 Å². The number of nitrogens with zero attached hydrogens (tertiary/aromatic N) is 2. The van der Waals surface area contributed by atoms with Crippen LogP contribution in [0.1, 0.15) is 11.1 Å². The lowest BCUT2D eigenvalue weighted by molar-refractivity contribution is 0.433. The van der Waals surface area contributed by atoms with Gasteiger partial charge in [-0.3, -0.25) is 0 Å². The third kappa shape index (κ3) is 2.18. The van der Waals surface area contributed by atoms with Crippen LogP contribution < -0.4 is 5.73 Å². The highest BCUT2D eigenvalue weighted by atomic mass is 32.1. The minimum absolute atomic E-state index is 0.287. The van der Waals surface area contributed by atoms with E-state index < -0.39 is 0 Å². The number of hydrogen-bond acceptors (Lipinski definition) is 5. The van der Waals surface area contributed by atoms with Crippen molar-refractivity contribution >= 4 is 16.3 Å². The Morgan fingerprint density at radius 1 is 1.20 bits per heavy atom. The Bertz CT molecular complexity index is 779. The van der Waals surface area contributed by atoms with Crippen molar-refractivity contribution in [3.63, 3.8) is 0 Å². The molecule has 2 heterocycles. The molecule has 102 valence electrons. The predicted octanol–water partition coefficient (Wildman–Crippen LogP) is 3.80. The van der Waals surface area contributed by atoms with E-state index in [1.807, 2.05) is 13.0 Å². The number of rotatable bonds is 2. The van der Waals surface area contributed by atoms with Gasteiger partial charge in [0.25, 0.3) is 5.89 Å². The van der Waals surface area contributed by atoms with Crippen LogP contribution >= 0.6 is 11.3 Å². The molecule has 2 N–H and O–H groups in total. The molecule has 20 heavy (non-hydrogen) atoms. The van der Waals surface area contributed by atoms with Gasteiger partial charge >= 0.3 is 0 Å². The van der Waals surface area contributed by atoms with Crippen LogP contribution in [0.3, 0.4) is 0 Å². The van der Waals surface area contributed by atoms with E-state index in [1.54, 1.807) is 19.1 Å². The van der Waals surface area contributed by atoms with Gasteiger partial charge in [0.15, 0.2) is 0 Å². The number of anilines is 1. The number of halogens is 1. The average Bonchev–Trinajstić information content (AvgIpc) is 2.99. The summed E-state index contributed by atoms with van der Waals surface area (Å²) in [6, 6.07) is 6.72. The molecule has 0 aliphatic rings. The van der Waals surface area contributed by atoms with Gasteiger partial charge in [-0.15, -0.1) is 11.3 Å². The van der Waals surface area contributed by atoms with Crippen LogP contribution in [-0.2, 0) is 0 Å². The molecule has 2 aromatic heterocycles. The molecule has 0 aliphatic heterocycles. The van der Waals surface area contributed by atoms with Crippen molar-refractivity contribution in [1.82, 2.24) is 10.1 Å². The largest absolute Gasteiger partial charge is 0.391 e. The molecule has 0 radical (unpaired) electrons. The second-order valence-electron chi connectivity index (χ2n) is 4.55. The molecule has 6 heteroatoms. The lowest BCUT2D eigenvalue weighted by Crippen LogP contribution is -1.86. The summed E-state index contributed by atoms with van der Waals surface area (Å²) in [4.78, 5) is 5.15. The highest BCUT2D eigenvalue weighted by Gasteiger charge is 2.15. The van der Waals surface area contributed by atoms with Gasteiger partial charge in [-0.25, -0.2) is 4.39 Å². The van der Waals surface area contributed by atoms with E-state index in [1.165, 1.54) is 17.4 Å². The average molecular weight is 289 g/mol. The highest BCUT2D eigenvalue weighted by molar-refractivity contribution is 7.19. The lowest BCUT2D eigenvalue weighted by atomic mass is 10.1. The molecular weight excluding hydrogens is 277 g/mol. The summed E-state index contributed by atoms with van der Waals surface area (Å²) < 4.78 is 18.8. The lowest BCUT2D eigenvalue weighted by Gasteiger charge is -1.97.